The molecule has 21 heavy (non-hydrogen) atoms. The largest absolute Gasteiger partial charge is 0.418 e. The molecule has 4 aliphatic rings. The summed E-state index contributed by atoms with van der Waals surface area (Å²) in [5.74, 6) is 2.19. The van der Waals surface area contributed by atoms with Crippen LogP contribution < -0.4 is 5.32 Å². The molecule has 4 rings (SSSR count). The van der Waals surface area contributed by atoms with Crippen LogP contribution in [0.2, 0.25) is 0 Å². The summed E-state index contributed by atoms with van der Waals surface area (Å²) in [5, 5.41) is 3.08. The smallest absolute Gasteiger partial charge is 0.340 e. The summed E-state index contributed by atoms with van der Waals surface area (Å²) in [6.07, 6.45) is 7.02. The van der Waals surface area contributed by atoms with Gasteiger partial charge in [0.05, 0.1) is 13.2 Å². The van der Waals surface area contributed by atoms with Crippen LogP contribution in [0.4, 0.5) is 4.79 Å². The Labute approximate surface area is 126 Å². The zero-order valence-electron chi connectivity index (χ0n) is 13.0. The Morgan fingerprint density at radius 2 is 1.48 bits per heavy atom. The molecule has 0 radical (unpaired) electrons. The van der Waals surface area contributed by atoms with Crippen molar-refractivity contribution in [3.8, 4) is 0 Å². The van der Waals surface area contributed by atoms with E-state index in [1.807, 2.05) is 0 Å². The van der Waals surface area contributed by atoms with E-state index in [1.165, 1.54) is 19.3 Å². The topological polar surface area (TPSA) is 64.6 Å². The zero-order valence-corrected chi connectivity index (χ0v) is 13.9. The number of carbonyl (C=O) groups excluding carboxylic acids is 1. The predicted molar refractivity (Wildman–Crippen MR) is 80.3 cm³/mol. The Morgan fingerprint density at radius 3 is 1.86 bits per heavy atom. The normalized spacial score (nSPS) is 37.7. The highest BCUT2D eigenvalue weighted by molar-refractivity contribution is 7.71. The number of rotatable bonds is 6. The molecule has 0 unspecified atom stereocenters. The van der Waals surface area contributed by atoms with Crippen LogP contribution in [0.25, 0.3) is 0 Å². The Morgan fingerprint density at radius 1 is 1.05 bits per heavy atom. The highest BCUT2D eigenvalue weighted by Crippen LogP contribution is 2.57. The van der Waals surface area contributed by atoms with E-state index in [4.69, 9.17) is 9.05 Å². The average Bonchev–Trinajstić information content (AvgIpc) is 2.36. The Hall–Kier alpha value is -0.380. The fraction of sp³-hybridized carbons (Fsp3) is 0.933. The van der Waals surface area contributed by atoms with Crippen LogP contribution in [0.3, 0.4) is 0 Å². The van der Waals surface area contributed by atoms with Crippen molar-refractivity contribution < 1.29 is 18.4 Å². The molecule has 0 saturated heterocycles. The lowest BCUT2D eigenvalue weighted by atomic mass is 9.53. The molecular formula is C15H26NO4P. The van der Waals surface area contributed by atoms with Crippen molar-refractivity contribution in [2.24, 2.45) is 17.8 Å². The lowest BCUT2D eigenvalue weighted by molar-refractivity contribution is -0.0125. The van der Waals surface area contributed by atoms with Gasteiger partial charge in [0.1, 0.15) is 0 Å². The van der Waals surface area contributed by atoms with E-state index in [0.29, 0.717) is 0 Å². The third-order valence-electron chi connectivity index (χ3n) is 5.26. The number of nitrogens with one attached hydrogen (secondary N) is 1. The number of hydrogen-bond donors (Lipinski definition) is 1. The first kappa shape index (κ1) is 15.5. The summed E-state index contributed by atoms with van der Waals surface area (Å²) in [4.78, 5) is 12.5. The third-order valence-corrected chi connectivity index (χ3v) is 7.06. The second-order valence-electron chi connectivity index (χ2n) is 6.96. The van der Waals surface area contributed by atoms with Gasteiger partial charge in [-0.25, -0.2) is 4.57 Å². The molecule has 0 aromatic heterocycles. The molecule has 4 aliphatic carbocycles. The fourth-order valence-corrected chi connectivity index (χ4v) is 6.42. The second kappa shape index (κ2) is 5.68. The van der Waals surface area contributed by atoms with Gasteiger partial charge in [0, 0.05) is 5.54 Å². The lowest BCUT2D eigenvalue weighted by Crippen LogP contribution is -2.59. The van der Waals surface area contributed by atoms with E-state index in [0.717, 1.165) is 37.0 Å². The molecular weight excluding hydrogens is 289 g/mol. The molecule has 6 heteroatoms. The molecule has 4 fully saturated rings. The van der Waals surface area contributed by atoms with Crippen LogP contribution in [0.1, 0.15) is 52.4 Å². The summed E-state index contributed by atoms with van der Waals surface area (Å²) >= 11 is 0. The van der Waals surface area contributed by atoms with Crippen LogP contribution in [0.15, 0.2) is 0 Å². The molecule has 0 aromatic carbocycles. The maximum atomic E-state index is 12.6. The molecule has 4 bridgehead atoms. The van der Waals surface area contributed by atoms with Crippen LogP contribution in [-0.4, -0.2) is 24.4 Å². The van der Waals surface area contributed by atoms with Crippen molar-refractivity contribution in [3.63, 3.8) is 0 Å². The number of carbonyl (C=O) groups is 1. The molecule has 0 spiro atoms. The average molecular weight is 315 g/mol. The Kier molecular flexibility index (Phi) is 4.19. The summed E-state index contributed by atoms with van der Waals surface area (Å²) in [6.45, 7) is 3.88. The highest BCUT2D eigenvalue weighted by Gasteiger charge is 2.53. The number of hydrogen-bond acceptors (Lipinski definition) is 4. The summed E-state index contributed by atoms with van der Waals surface area (Å²) in [5.41, 5.74) is -0.691. The van der Waals surface area contributed by atoms with Crippen molar-refractivity contribution in [3.05, 3.63) is 0 Å². The molecule has 0 aliphatic heterocycles. The zero-order chi connectivity index (χ0) is 15.1. The van der Waals surface area contributed by atoms with Gasteiger partial charge in [0.2, 0.25) is 0 Å². The van der Waals surface area contributed by atoms with Gasteiger partial charge in [-0.15, -0.1) is 0 Å². The minimum absolute atomic E-state index is 0.157. The molecule has 120 valence electrons. The Balaban J connectivity index is 1.73. The monoisotopic (exact) mass is 315 g/mol. The van der Waals surface area contributed by atoms with Gasteiger partial charge < -0.3 is 14.4 Å². The molecule has 0 aromatic rings. The summed E-state index contributed by atoms with van der Waals surface area (Å²) < 4.78 is 22.9. The van der Waals surface area contributed by atoms with Gasteiger partial charge in [0.25, 0.3) is 0 Å². The van der Waals surface area contributed by atoms with Crippen LogP contribution in [0.5, 0.6) is 0 Å². The first-order valence-electron chi connectivity index (χ1n) is 8.20. The molecule has 5 nitrogen and oxygen atoms in total. The van der Waals surface area contributed by atoms with Gasteiger partial charge in [-0.3, -0.25) is 4.79 Å². The molecule has 1 amide bonds. The van der Waals surface area contributed by atoms with Crippen molar-refractivity contribution in [2.75, 3.05) is 13.2 Å². The van der Waals surface area contributed by atoms with E-state index in [9.17, 15) is 9.36 Å². The molecule has 1 N–H and O–H groups in total. The van der Waals surface area contributed by atoms with Gasteiger partial charge in [0.15, 0.2) is 0 Å². The van der Waals surface area contributed by atoms with Gasteiger partial charge in [-0.1, -0.05) is 0 Å². The SMILES string of the molecule is CCOP(=O)(OCC)C(=O)NC12CC3CC(CC(C3)C1)C2. The molecule has 4 saturated carbocycles. The van der Waals surface area contributed by atoms with Gasteiger partial charge in [-0.05, 0) is 70.1 Å². The highest BCUT2D eigenvalue weighted by atomic mass is 31.2. The molecule has 0 heterocycles. The van der Waals surface area contributed by atoms with E-state index in [-0.39, 0.29) is 18.8 Å². The minimum atomic E-state index is -3.68. The van der Waals surface area contributed by atoms with E-state index < -0.39 is 13.2 Å². The first-order valence-corrected chi connectivity index (χ1v) is 9.74. The van der Waals surface area contributed by atoms with Crippen LogP contribution in [-0.2, 0) is 13.6 Å². The van der Waals surface area contributed by atoms with Crippen molar-refractivity contribution in [1.29, 1.82) is 0 Å². The van der Waals surface area contributed by atoms with Crippen LogP contribution >= 0.6 is 7.60 Å². The summed E-state index contributed by atoms with van der Waals surface area (Å²) in [6, 6.07) is 0. The maximum Gasteiger partial charge on any atom is 0.418 e. The maximum absolute atomic E-state index is 12.6. The first-order chi connectivity index (χ1) is 9.98. The van der Waals surface area contributed by atoms with E-state index >= 15 is 0 Å². The van der Waals surface area contributed by atoms with Crippen molar-refractivity contribution in [1.82, 2.24) is 5.32 Å². The summed E-state index contributed by atoms with van der Waals surface area (Å²) in [7, 11) is -3.68. The minimum Gasteiger partial charge on any atom is -0.340 e. The predicted octanol–water partition coefficient (Wildman–Crippen LogP) is 3.93. The van der Waals surface area contributed by atoms with E-state index in [2.05, 4.69) is 5.32 Å². The quantitative estimate of drug-likeness (QED) is 0.754. The second-order valence-corrected chi connectivity index (χ2v) is 8.88. The van der Waals surface area contributed by atoms with Gasteiger partial charge in [-0.2, -0.15) is 0 Å². The fourth-order valence-electron chi connectivity index (χ4n) is 5.05. The van der Waals surface area contributed by atoms with E-state index in [1.54, 1.807) is 13.8 Å². The van der Waals surface area contributed by atoms with Crippen LogP contribution in [0, 0.1) is 17.8 Å². The van der Waals surface area contributed by atoms with Crippen molar-refractivity contribution >= 4 is 13.2 Å². The standard InChI is InChI=1S/C15H26NO4P/c1-3-19-21(18,20-4-2)14(17)16-15-8-11-5-12(9-15)7-13(6-11)10-15/h11-13H,3-10H2,1-2H3,(H,16,17). The number of amides is 1. The van der Waals surface area contributed by atoms with Crippen molar-refractivity contribution in [2.45, 2.75) is 57.9 Å². The third kappa shape index (κ3) is 2.93. The molecule has 0 atom stereocenters. The Bertz CT molecular complexity index is 419. The lowest BCUT2D eigenvalue weighted by Gasteiger charge is -2.56. The van der Waals surface area contributed by atoms with Gasteiger partial charge >= 0.3 is 13.2 Å².